The van der Waals surface area contributed by atoms with E-state index in [0.717, 1.165) is 25.4 Å². The Morgan fingerprint density at radius 2 is 2.20 bits per heavy atom. The van der Waals surface area contributed by atoms with Crippen molar-refractivity contribution in [3.05, 3.63) is 28.8 Å². The van der Waals surface area contributed by atoms with Crippen LogP contribution in [0.3, 0.4) is 0 Å². The fourth-order valence-electron chi connectivity index (χ4n) is 1.63. The van der Waals surface area contributed by atoms with Crippen LogP contribution >= 0.6 is 11.6 Å². The smallest absolute Gasteiger partial charge is 0.0635 e. The second kappa shape index (κ2) is 4.86. The van der Waals surface area contributed by atoms with Gasteiger partial charge in [0.15, 0.2) is 0 Å². The molecule has 0 atom stereocenters. The van der Waals surface area contributed by atoms with Gasteiger partial charge in [0.05, 0.1) is 10.7 Å². The lowest BCUT2D eigenvalue weighted by atomic mass is 10.1. The maximum Gasteiger partial charge on any atom is 0.0635 e. The zero-order valence-electron chi connectivity index (χ0n) is 8.80. The number of hydrogen-bond acceptors (Lipinski definition) is 2. The van der Waals surface area contributed by atoms with Gasteiger partial charge in [0, 0.05) is 6.04 Å². The summed E-state index contributed by atoms with van der Waals surface area (Å²) in [7, 11) is 0. The lowest BCUT2D eigenvalue weighted by molar-refractivity contribution is 0.645. The summed E-state index contributed by atoms with van der Waals surface area (Å²) < 4.78 is 0. The first-order chi connectivity index (χ1) is 7.25. The summed E-state index contributed by atoms with van der Waals surface area (Å²) in [4.78, 5) is 0. The molecule has 0 aliphatic heterocycles. The number of nitrogen functional groups attached to an aromatic ring is 1. The minimum absolute atomic E-state index is 0.648. The van der Waals surface area contributed by atoms with Crippen molar-refractivity contribution in [3.8, 4) is 0 Å². The SMILES string of the molecule is Nc1cc(CCCNC2CC2)ccc1Cl. The van der Waals surface area contributed by atoms with Crippen LogP contribution in [0.2, 0.25) is 5.02 Å². The van der Waals surface area contributed by atoms with E-state index in [-0.39, 0.29) is 0 Å². The molecule has 0 heterocycles. The van der Waals surface area contributed by atoms with Crippen LogP contribution in [0, 0.1) is 0 Å². The lowest BCUT2D eigenvalue weighted by Gasteiger charge is -2.05. The van der Waals surface area contributed by atoms with Gasteiger partial charge in [0.25, 0.3) is 0 Å². The summed E-state index contributed by atoms with van der Waals surface area (Å²) in [6.07, 6.45) is 4.94. The Bertz CT molecular complexity index is 334. The molecule has 2 nitrogen and oxygen atoms in total. The topological polar surface area (TPSA) is 38.0 Å². The third-order valence-electron chi connectivity index (χ3n) is 2.71. The number of anilines is 1. The van der Waals surface area contributed by atoms with E-state index in [1.54, 1.807) is 0 Å². The highest BCUT2D eigenvalue weighted by molar-refractivity contribution is 6.33. The Morgan fingerprint density at radius 1 is 1.40 bits per heavy atom. The Kier molecular flexibility index (Phi) is 3.49. The van der Waals surface area contributed by atoms with Crippen molar-refractivity contribution in [2.45, 2.75) is 31.7 Å². The average Bonchev–Trinajstić information content (AvgIpc) is 3.02. The van der Waals surface area contributed by atoms with Crippen molar-refractivity contribution in [1.29, 1.82) is 0 Å². The van der Waals surface area contributed by atoms with Crippen LogP contribution in [0.25, 0.3) is 0 Å². The summed E-state index contributed by atoms with van der Waals surface area (Å²) in [5, 5.41) is 4.14. The third-order valence-corrected chi connectivity index (χ3v) is 3.06. The molecule has 0 spiro atoms. The first-order valence-corrected chi connectivity index (χ1v) is 5.91. The summed E-state index contributed by atoms with van der Waals surface area (Å²) in [6.45, 7) is 1.10. The van der Waals surface area contributed by atoms with E-state index in [2.05, 4.69) is 11.4 Å². The van der Waals surface area contributed by atoms with Gasteiger partial charge in [-0.2, -0.15) is 0 Å². The van der Waals surface area contributed by atoms with E-state index in [1.165, 1.54) is 18.4 Å². The van der Waals surface area contributed by atoms with Gasteiger partial charge in [0.2, 0.25) is 0 Å². The number of aryl methyl sites for hydroxylation is 1. The molecule has 3 heteroatoms. The zero-order chi connectivity index (χ0) is 10.7. The van der Waals surface area contributed by atoms with Crippen molar-refractivity contribution in [2.24, 2.45) is 0 Å². The van der Waals surface area contributed by atoms with Gasteiger partial charge in [-0.1, -0.05) is 17.7 Å². The fourth-order valence-corrected chi connectivity index (χ4v) is 1.75. The van der Waals surface area contributed by atoms with E-state index >= 15 is 0 Å². The van der Waals surface area contributed by atoms with Crippen LogP contribution in [0.5, 0.6) is 0 Å². The van der Waals surface area contributed by atoms with Crippen molar-refractivity contribution < 1.29 is 0 Å². The maximum atomic E-state index is 5.85. The van der Waals surface area contributed by atoms with Crippen molar-refractivity contribution in [3.63, 3.8) is 0 Å². The zero-order valence-corrected chi connectivity index (χ0v) is 9.56. The highest BCUT2D eigenvalue weighted by Crippen LogP contribution is 2.21. The monoisotopic (exact) mass is 224 g/mol. The van der Waals surface area contributed by atoms with Crippen LogP contribution in [0.1, 0.15) is 24.8 Å². The van der Waals surface area contributed by atoms with E-state index in [1.807, 2.05) is 12.1 Å². The predicted octanol–water partition coefficient (Wildman–Crippen LogP) is 2.61. The molecule has 2 rings (SSSR count). The van der Waals surface area contributed by atoms with E-state index in [9.17, 15) is 0 Å². The standard InChI is InChI=1S/C12H17ClN2/c13-11-6-3-9(8-12(11)14)2-1-7-15-10-4-5-10/h3,6,8,10,15H,1-2,4-5,7,14H2. The Labute approximate surface area is 95.8 Å². The largest absolute Gasteiger partial charge is 0.398 e. The van der Waals surface area contributed by atoms with Crippen molar-refractivity contribution in [1.82, 2.24) is 5.32 Å². The maximum absolute atomic E-state index is 5.85. The number of benzene rings is 1. The van der Waals surface area contributed by atoms with Gasteiger partial charge in [-0.05, 0) is 49.9 Å². The van der Waals surface area contributed by atoms with E-state index in [4.69, 9.17) is 17.3 Å². The normalized spacial score (nSPS) is 15.5. The second-order valence-electron chi connectivity index (χ2n) is 4.19. The molecule has 1 fully saturated rings. The first-order valence-electron chi connectivity index (χ1n) is 5.53. The molecule has 1 aliphatic rings. The minimum Gasteiger partial charge on any atom is -0.398 e. The molecular formula is C12H17ClN2. The van der Waals surface area contributed by atoms with E-state index in [0.29, 0.717) is 10.7 Å². The highest BCUT2D eigenvalue weighted by atomic mass is 35.5. The first kappa shape index (κ1) is 10.8. The predicted molar refractivity (Wildman–Crippen MR) is 65.2 cm³/mol. The molecule has 82 valence electrons. The third kappa shape index (κ3) is 3.40. The molecule has 3 N–H and O–H groups in total. The number of nitrogens with two attached hydrogens (primary N) is 1. The van der Waals surface area contributed by atoms with Crippen LogP contribution in [-0.4, -0.2) is 12.6 Å². The van der Waals surface area contributed by atoms with Gasteiger partial charge in [-0.15, -0.1) is 0 Å². The van der Waals surface area contributed by atoms with Gasteiger partial charge in [-0.3, -0.25) is 0 Å². The van der Waals surface area contributed by atoms with Gasteiger partial charge < -0.3 is 11.1 Å². The number of rotatable bonds is 5. The summed E-state index contributed by atoms with van der Waals surface area (Å²) >= 11 is 5.85. The van der Waals surface area contributed by atoms with Gasteiger partial charge >= 0.3 is 0 Å². The number of hydrogen-bond donors (Lipinski definition) is 2. The summed E-state index contributed by atoms with van der Waals surface area (Å²) in [6, 6.07) is 6.70. The molecule has 0 radical (unpaired) electrons. The molecule has 1 aliphatic carbocycles. The molecule has 0 amide bonds. The molecule has 1 aromatic rings. The summed E-state index contributed by atoms with van der Waals surface area (Å²) in [5.41, 5.74) is 7.69. The van der Waals surface area contributed by atoms with Crippen LogP contribution in [-0.2, 0) is 6.42 Å². The van der Waals surface area contributed by atoms with Gasteiger partial charge in [0.1, 0.15) is 0 Å². The fraction of sp³-hybridized carbons (Fsp3) is 0.500. The Hall–Kier alpha value is -0.730. The van der Waals surface area contributed by atoms with Crippen LogP contribution < -0.4 is 11.1 Å². The molecule has 0 bridgehead atoms. The quantitative estimate of drug-likeness (QED) is 0.596. The van der Waals surface area contributed by atoms with E-state index < -0.39 is 0 Å². The number of nitrogens with one attached hydrogen (secondary N) is 1. The van der Waals surface area contributed by atoms with Crippen molar-refractivity contribution in [2.75, 3.05) is 12.3 Å². The Balaban J connectivity index is 1.74. The number of halogens is 1. The van der Waals surface area contributed by atoms with Crippen LogP contribution in [0.4, 0.5) is 5.69 Å². The average molecular weight is 225 g/mol. The molecular weight excluding hydrogens is 208 g/mol. The summed E-state index contributed by atoms with van der Waals surface area (Å²) in [5.74, 6) is 0. The van der Waals surface area contributed by atoms with Crippen molar-refractivity contribution >= 4 is 17.3 Å². The molecule has 1 saturated carbocycles. The molecule has 1 aromatic carbocycles. The Morgan fingerprint density at radius 3 is 2.87 bits per heavy atom. The molecule has 0 unspecified atom stereocenters. The van der Waals surface area contributed by atoms with Crippen LogP contribution in [0.15, 0.2) is 18.2 Å². The second-order valence-corrected chi connectivity index (χ2v) is 4.60. The molecule has 0 saturated heterocycles. The molecule has 0 aromatic heterocycles. The van der Waals surface area contributed by atoms with Gasteiger partial charge in [-0.25, -0.2) is 0 Å². The molecule has 15 heavy (non-hydrogen) atoms. The minimum atomic E-state index is 0.648. The lowest BCUT2D eigenvalue weighted by Crippen LogP contribution is -2.17. The highest BCUT2D eigenvalue weighted by Gasteiger charge is 2.19.